The first-order valence-electron chi connectivity index (χ1n) is 12.8. The maximum Gasteiger partial charge on any atom is 0 e. The first kappa shape index (κ1) is 30.5. The number of benzene rings is 6. The molecule has 0 atom stereocenters. The van der Waals surface area contributed by atoms with Crippen LogP contribution in [0, 0.1) is 19.6 Å². The molecule has 0 aromatic heterocycles. The van der Waals surface area contributed by atoms with Crippen molar-refractivity contribution < 1.29 is 25.8 Å². The van der Waals surface area contributed by atoms with Crippen LogP contribution < -0.4 is 0 Å². The van der Waals surface area contributed by atoms with Gasteiger partial charge in [0.05, 0.1) is 0 Å². The van der Waals surface area contributed by atoms with E-state index < -0.39 is 0 Å². The van der Waals surface area contributed by atoms with Crippen LogP contribution in [0.1, 0.15) is 0 Å². The third-order valence-corrected chi connectivity index (χ3v) is 6.26. The Balaban J connectivity index is 0.000000154. The number of rotatable bonds is 0. The van der Waals surface area contributed by atoms with E-state index in [0.29, 0.717) is 0 Å². The SMILES string of the molecule is [CH3-].[Hf].[c-]1ccccc1.[c-]1ccccc1.c1ccc2c(c1)[cH-]c1ccccc12.c1ccc2c(c1)[cH-]c1ccccc12. The zero-order chi connectivity index (χ0) is 25.8. The fraction of sp³-hybridized carbons (Fsp3) is 0. The van der Waals surface area contributed by atoms with Crippen LogP contribution in [0.25, 0.3) is 43.1 Å². The van der Waals surface area contributed by atoms with Crippen LogP contribution in [0.4, 0.5) is 0 Å². The van der Waals surface area contributed by atoms with Crippen LogP contribution >= 0.6 is 0 Å². The van der Waals surface area contributed by atoms with Crippen LogP contribution in [-0.4, -0.2) is 0 Å². The molecule has 0 unspecified atom stereocenters. The minimum Gasteiger partial charge on any atom is -0.358 e. The van der Waals surface area contributed by atoms with E-state index in [1.165, 1.54) is 43.1 Å². The molecule has 0 aliphatic carbocycles. The summed E-state index contributed by atoms with van der Waals surface area (Å²) in [5, 5.41) is 10.8. The molecule has 1 heteroatoms. The van der Waals surface area contributed by atoms with E-state index in [2.05, 4.69) is 121 Å². The van der Waals surface area contributed by atoms with Gasteiger partial charge in [-0.2, -0.15) is 72.8 Å². The Labute approximate surface area is 257 Å². The summed E-state index contributed by atoms with van der Waals surface area (Å²) in [5.41, 5.74) is 0. The average Bonchev–Trinajstić information content (AvgIpc) is 3.59. The van der Waals surface area contributed by atoms with Crippen LogP contribution in [0.2, 0.25) is 0 Å². The van der Waals surface area contributed by atoms with Gasteiger partial charge in [-0.25, -0.2) is 0 Å². The average molecular weight is 678 g/mol. The Morgan fingerprint density at radius 3 is 0.775 bits per heavy atom. The first-order valence-corrected chi connectivity index (χ1v) is 12.8. The van der Waals surface area contributed by atoms with Crippen molar-refractivity contribution >= 4 is 43.1 Å². The topological polar surface area (TPSA) is 0 Å². The van der Waals surface area contributed by atoms with Gasteiger partial charge in [-0.3, -0.25) is 0 Å². The summed E-state index contributed by atoms with van der Waals surface area (Å²) in [7, 11) is 0. The van der Waals surface area contributed by atoms with E-state index in [9.17, 15) is 0 Å². The third-order valence-electron chi connectivity index (χ3n) is 6.26. The molecule has 0 aliphatic rings. The second-order valence-corrected chi connectivity index (χ2v) is 8.79. The van der Waals surface area contributed by atoms with Gasteiger partial charge >= 0.3 is 0 Å². The van der Waals surface area contributed by atoms with Crippen LogP contribution in [0.3, 0.4) is 0 Å². The van der Waals surface area contributed by atoms with E-state index in [0.717, 1.165) is 0 Å². The molecular weight excluding hydrogens is 647 g/mol. The van der Waals surface area contributed by atoms with E-state index in [4.69, 9.17) is 0 Å². The van der Waals surface area contributed by atoms with Gasteiger partial charge in [0.2, 0.25) is 0 Å². The Hall–Kier alpha value is -4.07. The molecule has 0 nitrogen and oxygen atoms in total. The van der Waals surface area contributed by atoms with E-state index >= 15 is 0 Å². The Morgan fingerprint density at radius 1 is 0.325 bits per heavy atom. The summed E-state index contributed by atoms with van der Waals surface area (Å²) < 4.78 is 0. The minimum absolute atomic E-state index is 0. The Bertz CT molecular complexity index is 1520. The first-order chi connectivity index (χ1) is 18.9. The Morgan fingerprint density at radius 2 is 0.575 bits per heavy atom. The molecule has 8 aromatic carbocycles. The normalized spacial score (nSPS) is 9.60. The van der Waals surface area contributed by atoms with Gasteiger partial charge in [0.1, 0.15) is 0 Å². The molecule has 196 valence electrons. The quantitative estimate of drug-likeness (QED) is 0.111. The van der Waals surface area contributed by atoms with Gasteiger partial charge in [0, 0.05) is 25.8 Å². The Kier molecular flexibility index (Phi) is 12.3. The molecule has 0 N–H and O–H groups in total. The molecule has 0 saturated carbocycles. The number of hydrogen-bond donors (Lipinski definition) is 0. The summed E-state index contributed by atoms with van der Waals surface area (Å²) in [6, 6.07) is 63.5. The van der Waals surface area contributed by atoms with Gasteiger partial charge in [-0.1, -0.05) is 72.8 Å². The molecule has 0 radical (unpaired) electrons. The molecule has 0 fully saturated rings. The molecule has 0 bridgehead atoms. The zero-order valence-electron chi connectivity index (χ0n) is 22.7. The molecule has 8 rings (SSSR count). The maximum atomic E-state index is 2.89. The minimum atomic E-state index is 0. The van der Waals surface area contributed by atoms with Gasteiger partial charge in [0.15, 0.2) is 0 Å². The van der Waals surface area contributed by atoms with Crippen LogP contribution in [-0.2, 0) is 25.8 Å². The summed E-state index contributed by atoms with van der Waals surface area (Å²) in [6.07, 6.45) is 0. The molecule has 0 amide bonds. The molecular formula is C39H31Hf-5. The van der Waals surface area contributed by atoms with Crippen molar-refractivity contribution in [3.05, 3.63) is 189 Å². The van der Waals surface area contributed by atoms with E-state index in [1.807, 2.05) is 60.7 Å². The van der Waals surface area contributed by atoms with Gasteiger partial charge in [0.25, 0.3) is 0 Å². The van der Waals surface area contributed by atoms with Crippen molar-refractivity contribution in [2.45, 2.75) is 0 Å². The van der Waals surface area contributed by atoms with Crippen molar-refractivity contribution in [1.29, 1.82) is 0 Å². The molecule has 0 spiro atoms. The van der Waals surface area contributed by atoms with Crippen LogP contribution in [0.5, 0.6) is 0 Å². The fourth-order valence-corrected chi connectivity index (χ4v) is 4.49. The van der Waals surface area contributed by atoms with Crippen LogP contribution in [0.15, 0.2) is 170 Å². The molecule has 0 saturated heterocycles. The fourth-order valence-electron chi connectivity index (χ4n) is 4.49. The molecule has 40 heavy (non-hydrogen) atoms. The second kappa shape index (κ2) is 16.1. The predicted molar refractivity (Wildman–Crippen MR) is 171 cm³/mol. The standard InChI is InChI=1S/2C13H9.2C6H5.CH3.Hf/c2*1-3-7-12-10(5-1)9-11-6-2-4-8-13(11)12;2*1-2-4-6-5-3-1;;/h2*1-9H;2*1-5H;1H3;/q5*-1;. The summed E-state index contributed by atoms with van der Waals surface area (Å²) in [5.74, 6) is 0. The summed E-state index contributed by atoms with van der Waals surface area (Å²) >= 11 is 0. The van der Waals surface area contributed by atoms with E-state index in [1.54, 1.807) is 0 Å². The predicted octanol–water partition coefficient (Wildman–Crippen LogP) is 10.8. The van der Waals surface area contributed by atoms with Crippen molar-refractivity contribution in [3.8, 4) is 0 Å². The molecule has 8 aromatic rings. The van der Waals surface area contributed by atoms with Crippen molar-refractivity contribution in [2.75, 3.05) is 0 Å². The summed E-state index contributed by atoms with van der Waals surface area (Å²) in [4.78, 5) is 0. The van der Waals surface area contributed by atoms with E-state index in [-0.39, 0.29) is 33.3 Å². The van der Waals surface area contributed by atoms with Gasteiger partial charge in [-0.15, -0.1) is 79.5 Å². The monoisotopic (exact) mass is 679 g/mol. The van der Waals surface area contributed by atoms with Gasteiger partial charge < -0.3 is 7.43 Å². The smallest absolute Gasteiger partial charge is 0 e. The largest absolute Gasteiger partial charge is 0.358 e. The summed E-state index contributed by atoms with van der Waals surface area (Å²) in [6.45, 7) is 0. The second-order valence-electron chi connectivity index (χ2n) is 8.79. The van der Waals surface area contributed by atoms with Gasteiger partial charge in [-0.05, 0) is 0 Å². The number of hydrogen-bond acceptors (Lipinski definition) is 0. The zero-order valence-corrected chi connectivity index (χ0v) is 26.3. The number of fused-ring (bicyclic) bond motifs is 6. The van der Waals surface area contributed by atoms with Crippen molar-refractivity contribution in [3.63, 3.8) is 0 Å². The van der Waals surface area contributed by atoms with Crippen molar-refractivity contribution in [2.24, 2.45) is 0 Å². The maximum absolute atomic E-state index is 2.89. The molecule has 0 heterocycles. The third kappa shape index (κ3) is 7.97. The van der Waals surface area contributed by atoms with Crippen molar-refractivity contribution in [1.82, 2.24) is 0 Å². The molecule has 0 aliphatic heterocycles.